The number of pyridine rings is 1. The molecule has 0 unspecified atom stereocenters. The lowest BCUT2D eigenvalue weighted by atomic mass is 10.2. The standard InChI is InChI=1S/C17H21N5O2/c1-2-16-19-15(20-24-16)13-21-9-11-22(12-10-21)17(23)7-6-14-5-3-4-8-18-14/h3-8H,2,9-13H2,1H3. The van der Waals surface area contributed by atoms with Crippen molar-refractivity contribution in [2.24, 2.45) is 0 Å². The average molecular weight is 327 g/mol. The minimum absolute atomic E-state index is 0.0214. The van der Waals surface area contributed by atoms with Gasteiger partial charge in [-0.05, 0) is 18.2 Å². The zero-order valence-corrected chi connectivity index (χ0v) is 13.8. The van der Waals surface area contributed by atoms with Crippen LogP contribution < -0.4 is 0 Å². The van der Waals surface area contributed by atoms with E-state index < -0.39 is 0 Å². The lowest BCUT2D eigenvalue weighted by Crippen LogP contribution is -2.47. The molecule has 3 rings (SSSR count). The van der Waals surface area contributed by atoms with Crippen molar-refractivity contribution in [1.82, 2.24) is 24.9 Å². The van der Waals surface area contributed by atoms with Crippen LogP contribution in [0.15, 0.2) is 35.0 Å². The molecule has 24 heavy (non-hydrogen) atoms. The van der Waals surface area contributed by atoms with Crippen LogP contribution in [-0.4, -0.2) is 57.0 Å². The molecule has 1 aliphatic heterocycles. The molecule has 0 aliphatic carbocycles. The van der Waals surface area contributed by atoms with Crippen molar-refractivity contribution >= 4 is 12.0 Å². The highest BCUT2D eigenvalue weighted by atomic mass is 16.5. The number of piperazine rings is 1. The molecule has 1 aliphatic rings. The van der Waals surface area contributed by atoms with Gasteiger partial charge in [-0.3, -0.25) is 14.7 Å². The van der Waals surface area contributed by atoms with Gasteiger partial charge in [0.05, 0.1) is 12.2 Å². The molecule has 2 aromatic rings. The SMILES string of the molecule is CCc1nc(CN2CCN(C(=O)C=Cc3ccccn3)CC2)no1. The van der Waals surface area contributed by atoms with E-state index in [-0.39, 0.29) is 5.91 Å². The maximum Gasteiger partial charge on any atom is 0.246 e. The number of aromatic nitrogens is 3. The summed E-state index contributed by atoms with van der Waals surface area (Å²) in [6.45, 7) is 5.65. The minimum atomic E-state index is 0.0214. The van der Waals surface area contributed by atoms with Crippen LogP contribution in [0.2, 0.25) is 0 Å². The van der Waals surface area contributed by atoms with Crippen LogP contribution >= 0.6 is 0 Å². The van der Waals surface area contributed by atoms with Gasteiger partial charge in [0.25, 0.3) is 0 Å². The second-order valence-electron chi connectivity index (χ2n) is 5.65. The summed E-state index contributed by atoms with van der Waals surface area (Å²) >= 11 is 0. The maximum absolute atomic E-state index is 12.2. The van der Waals surface area contributed by atoms with E-state index >= 15 is 0 Å². The fraction of sp³-hybridized carbons (Fsp3) is 0.412. The van der Waals surface area contributed by atoms with Gasteiger partial charge in [-0.25, -0.2) is 0 Å². The van der Waals surface area contributed by atoms with Gasteiger partial charge in [0, 0.05) is 44.9 Å². The van der Waals surface area contributed by atoms with Gasteiger partial charge in [-0.15, -0.1) is 0 Å². The fourth-order valence-corrected chi connectivity index (χ4v) is 2.56. The first-order valence-electron chi connectivity index (χ1n) is 8.16. The maximum atomic E-state index is 12.2. The predicted octanol–water partition coefficient (Wildman–Crippen LogP) is 1.38. The Morgan fingerprint density at radius 3 is 2.79 bits per heavy atom. The van der Waals surface area contributed by atoms with E-state index in [0.29, 0.717) is 31.3 Å². The molecule has 7 heteroatoms. The van der Waals surface area contributed by atoms with Crippen molar-refractivity contribution in [1.29, 1.82) is 0 Å². The first kappa shape index (κ1) is 16.3. The zero-order chi connectivity index (χ0) is 16.8. The van der Waals surface area contributed by atoms with Gasteiger partial charge >= 0.3 is 0 Å². The molecule has 0 saturated carbocycles. The Hall–Kier alpha value is -2.54. The van der Waals surface area contributed by atoms with Gasteiger partial charge in [-0.2, -0.15) is 4.98 Å². The van der Waals surface area contributed by atoms with Crippen LogP contribution in [0.25, 0.3) is 6.08 Å². The highest BCUT2D eigenvalue weighted by Crippen LogP contribution is 2.08. The molecular weight excluding hydrogens is 306 g/mol. The van der Waals surface area contributed by atoms with Gasteiger partial charge in [-0.1, -0.05) is 18.1 Å². The van der Waals surface area contributed by atoms with Gasteiger partial charge in [0.1, 0.15) is 0 Å². The Kier molecular flexibility index (Phi) is 5.32. The number of carbonyl (C=O) groups excluding carboxylic acids is 1. The Morgan fingerprint density at radius 2 is 2.12 bits per heavy atom. The summed E-state index contributed by atoms with van der Waals surface area (Å²) in [4.78, 5) is 24.8. The van der Waals surface area contributed by atoms with Crippen molar-refractivity contribution in [3.63, 3.8) is 0 Å². The topological polar surface area (TPSA) is 75.4 Å². The van der Waals surface area contributed by atoms with E-state index in [1.165, 1.54) is 0 Å². The second kappa shape index (κ2) is 7.83. The first-order chi connectivity index (χ1) is 11.7. The Balaban J connectivity index is 1.47. The molecule has 0 aromatic carbocycles. The largest absolute Gasteiger partial charge is 0.339 e. The summed E-state index contributed by atoms with van der Waals surface area (Å²) in [5.74, 6) is 1.40. The summed E-state index contributed by atoms with van der Waals surface area (Å²) in [6.07, 6.45) is 5.80. The number of hydrogen-bond acceptors (Lipinski definition) is 6. The third-order valence-electron chi connectivity index (χ3n) is 3.95. The van der Waals surface area contributed by atoms with E-state index in [0.717, 1.165) is 25.2 Å². The molecule has 0 spiro atoms. The van der Waals surface area contributed by atoms with Crippen molar-refractivity contribution in [2.75, 3.05) is 26.2 Å². The zero-order valence-electron chi connectivity index (χ0n) is 13.8. The van der Waals surface area contributed by atoms with Crippen molar-refractivity contribution in [3.05, 3.63) is 47.9 Å². The Labute approximate surface area is 141 Å². The average Bonchev–Trinajstić information content (AvgIpc) is 3.09. The quantitative estimate of drug-likeness (QED) is 0.773. The lowest BCUT2D eigenvalue weighted by molar-refractivity contribution is -0.127. The molecular formula is C17H21N5O2. The highest BCUT2D eigenvalue weighted by molar-refractivity contribution is 5.91. The van der Waals surface area contributed by atoms with Crippen molar-refractivity contribution < 1.29 is 9.32 Å². The molecule has 0 atom stereocenters. The molecule has 1 saturated heterocycles. The van der Waals surface area contributed by atoms with E-state index in [2.05, 4.69) is 20.0 Å². The molecule has 0 radical (unpaired) electrons. The third-order valence-corrected chi connectivity index (χ3v) is 3.95. The molecule has 1 amide bonds. The van der Waals surface area contributed by atoms with Crippen LogP contribution in [0.5, 0.6) is 0 Å². The van der Waals surface area contributed by atoms with E-state index in [9.17, 15) is 4.79 Å². The highest BCUT2D eigenvalue weighted by Gasteiger charge is 2.21. The Morgan fingerprint density at radius 1 is 1.29 bits per heavy atom. The van der Waals surface area contributed by atoms with E-state index in [1.54, 1.807) is 18.3 Å². The van der Waals surface area contributed by atoms with Crippen LogP contribution in [0.1, 0.15) is 24.3 Å². The smallest absolute Gasteiger partial charge is 0.246 e. The molecule has 0 N–H and O–H groups in total. The fourth-order valence-electron chi connectivity index (χ4n) is 2.56. The van der Waals surface area contributed by atoms with Crippen LogP contribution in [0, 0.1) is 0 Å². The van der Waals surface area contributed by atoms with Gasteiger partial charge in [0.2, 0.25) is 11.8 Å². The summed E-state index contributed by atoms with van der Waals surface area (Å²) in [5, 5.41) is 3.97. The monoisotopic (exact) mass is 327 g/mol. The molecule has 3 heterocycles. The summed E-state index contributed by atoms with van der Waals surface area (Å²) in [6, 6.07) is 5.63. The molecule has 2 aromatic heterocycles. The number of amides is 1. The summed E-state index contributed by atoms with van der Waals surface area (Å²) in [5.41, 5.74) is 0.785. The first-order valence-corrected chi connectivity index (χ1v) is 8.16. The molecule has 1 fully saturated rings. The lowest BCUT2D eigenvalue weighted by Gasteiger charge is -2.33. The number of rotatable bonds is 5. The van der Waals surface area contributed by atoms with Crippen LogP contribution in [0.3, 0.4) is 0 Å². The van der Waals surface area contributed by atoms with Crippen LogP contribution in [0.4, 0.5) is 0 Å². The molecule has 126 valence electrons. The predicted molar refractivity (Wildman–Crippen MR) is 88.8 cm³/mol. The van der Waals surface area contributed by atoms with Crippen molar-refractivity contribution in [3.8, 4) is 0 Å². The van der Waals surface area contributed by atoms with E-state index in [1.807, 2.05) is 30.0 Å². The number of aryl methyl sites for hydroxylation is 1. The third kappa shape index (κ3) is 4.26. The van der Waals surface area contributed by atoms with Gasteiger partial charge < -0.3 is 9.42 Å². The minimum Gasteiger partial charge on any atom is -0.339 e. The van der Waals surface area contributed by atoms with E-state index in [4.69, 9.17) is 4.52 Å². The summed E-state index contributed by atoms with van der Waals surface area (Å²) in [7, 11) is 0. The van der Waals surface area contributed by atoms with Crippen molar-refractivity contribution in [2.45, 2.75) is 19.9 Å². The number of nitrogens with zero attached hydrogens (tertiary/aromatic N) is 5. The number of carbonyl (C=O) groups is 1. The second-order valence-corrected chi connectivity index (χ2v) is 5.65. The van der Waals surface area contributed by atoms with Crippen LogP contribution in [-0.2, 0) is 17.8 Å². The number of hydrogen-bond donors (Lipinski definition) is 0. The molecule has 7 nitrogen and oxygen atoms in total. The normalized spacial score (nSPS) is 16.0. The summed E-state index contributed by atoms with van der Waals surface area (Å²) < 4.78 is 5.12. The molecule has 0 bridgehead atoms. The van der Waals surface area contributed by atoms with Gasteiger partial charge in [0.15, 0.2) is 5.82 Å². The Bertz CT molecular complexity index is 690.